The van der Waals surface area contributed by atoms with Gasteiger partial charge in [-0.15, -0.1) is 0 Å². The molecule has 0 unspecified atom stereocenters. The summed E-state index contributed by atoms with van der Waals surface area (Å²) in [5.74, 6) is -0.284. The molecule has 104 valence electrons. The van der Waals surface area contributed by atoms with Crippen LogP contribution in [0, 0.1) is 18.2 Å². The maximum Gasteiger partial charge on any atom is 0.253 e. The fourth-order valence-corrected chi connectivity index (χ4v) is 2.41. The summed E-state index contributed by atoms with van der Waals surface area (Å²) >= 11 is 0. The third-order valence-corrected chi connectivity index (χ3v) is 4.16. The second kappa shape index (κ2) is 5.29. The van der Waals surface area contributed by atoms with Gasteiger partial charge < -0.3 is 10.6 Å². The number of rotatable bonds is 2. The molecule has 1 fully saturated rings. The number of nitrogens with zero attached hydrogens (tertiary/aromatic N) is 1. The van der Waals surface area contributed by atoms with Crippen molar-refractivity contribution in [1.29, 1.82) is 0 Å². The first-order valence-electron chi connectivity index (χ1n) is 6.71. The molecule has 0 aromatic heterocycles. The summed E-state index contributed by atoms with van der Waals surface area (Å²) in [5, 5.41) is 0. The average Bonchev–Trinajstić information content (AvgIpc) is 2.42. The smallest absolute Gasteiger partial charge is 0.253 e. The molecule has 1 aliphatic heterocycles. The molecule has 1 aromatic rings. The van der Waals surface area contributed by atoms with Crippen molar-refractivity contribution >= 4 is 5.91 Å². The number of hydrogen-bond acceptors (Lipinski definition) is 2. The highest BCUT2D eigenvalue weighted by atomic mass is 19.1. The Labute approximate surface area is 113 Å². The van der Waals surface area contributed by atoms with Crippen molar-refractivity contribution in [1.82, 2.24) is 4.90 Å². The number of hydrogen-bond donors (Lipinski definition) is 1. The molecule has 0 bridgehead atoms. The largest absolute Gasteiger partial charge is 0.339 e. The van der Waals surface area contributed by atoms with E-state index in [0.29, 0.717) is 17.7 Å². The normalized spacial score (nSPS) is 18.4. The summed E-state index contributed by atoms with van der Waals surface area (Å²) in [6.45, 7) is 5.95. The topological polar surface area (TPSA) is 46.3 Å². The third-order valence-electron chi connectivity index (χ3n) is 4.16. The molecular formula is C15H21FN2O. The van der Waals surface area contributed by atoms with Gasteiger partial charge in [0, 0.05) is 18.7 Å². The average molecular weight is 264 g/mol. The van der Waals surface area contributed by atoms with Crippen molar-refractivity contribution < 1.29 is 9.18 Å². The number of aryl methyl sites for hydroxylation is 1. The molecule has 0 saturated carbocycles. The second-order valence-corrected chi connectivity index (χ2v) is 5.77. The second-order valence-electron chi connectivity index (χ2n) is 5.77. The fraction of sp³-hybridized carbons (Fsp3) is 0.533. The Kier molecular flexibility index (Phi) is 3.90. The first-order chi connectivity index (χ1) is 8.95. The van der Waals surface area contributed by atoms with Gasteiger partial charge in [0.2, 0.25) is 0 Å². The number of halogens is 1. The van der Waals surface area contributed by atoms with E-state index < -0.39 is 0 Å². The van der Waals surface area contributed by atoms with Crippen LogP contribution in [0.1, 0.15) is 35.7 Å². The minimum Gasteiger partial charge on any atom is -0.339 e. The molecule has 0 atom stereocenters. The standard InChI is InChI=1S/C15H21FN2O/c1-11-9-12(3-4-13(11)16)14(19)18-7-5-15(2,10-17)6-8-18/h3-4,9H,5-8,10,17H2,1-2H3. The molecule has 19 heavy (non-hydrogen) atoms. The van der Waals surface area contributed by atoms with E-state index in [0.717, 1.165) is 25.9 Å². The van der Waals surface area contributed by atoms with Gasteiger partial charge in [0.15, 0.2) is 0 Å². The molecule has 1 amide bonds. The predicted molar refractivity (Wildman–Crippen MR) is 73.4 cm³/mol. The molecule has 1 saturated heterocycles. The lowest BCUT2D eigenvalue weighted by Gasteiger charge is -2.38. The zero-order valence-electron chi connectivity index (χ0n) is 11.6. The number of benzene rings is 1. The quantitative estimate of drug-likeness (QED) is 0.891. The summed E-state index contributed by atoms with van der Waals surface area (Å²) in [4.78, 5) is 14.2. The van der Waals surface area contributed by atoms with Gasteiger partial charge in [0.05, 0.1) is 0 Å². The van der Waals surface area contributed by atoms with Gasteiger partial charge in [-0.3, -0.25) is 4.79 Å². The number of carbonyl (C=O) groups is 1. The maximum atomic E-state index is 13.2. The van der Waals surface area contributed by atoms with Crippen LogP contribution in [0.25, 0.3) is 0 Å². The Balaban J connectivity index is 2.07. The molecule has 0 radical (unpaired) electrons. The van der Waals surface area contributed by atoms with Crippen molar-refractivity contribution in [2.45, 2.75) is 26.7 Å². The van der Waals surface area contributed by atoms with E-state index >= 15 is 0 Å². The van der Waals surface area contributed by atoms with Crippen molar-refractivity contribution in [2.24, 2.45) is 11.1 Å². The van der Waals surface area contributed by atoms with Crippen molar-refractivity contribution in [3.8, 4) is 0 Å². The van der Waals surface area contributed by atoms with Crippen LogP contribution >= 0.6 is 0 Å². The fourth-order valence-electron chi connectivity index (χ4n) is 2.41. The SMILES string of the molecule is Cc1cc(C(=O)N2CCC(C)(CN)CC2)ccc1F. The van der Waals surface area contributed by atoms with E-state index in [1.807, 2.05) is 4.90 Å². The molecule has 0 aliphatic carbocycles. The van der Waals surface area contributed by atoms with Crippen LogP contribution in [0.4, 0.5) is 4.39 Å². The number of carbonyl (C=O) groups excluding carboxylic acids is 1. The monoisotopic (exact) mass is 264 g/mol. The molecule has 4 heteroatoms. The molecule has 3 nitrogen and oxygen atoms in total. The molecule has 1 aliphatic rings. The molecule has 0 spiro atoms. The Hall–Kier alpha value is -1.42. The highest BCUT2D eigenvalue weighted by molar-refractivity contribution is 5.94. The predicted octanol–water partition coefficient (Wildman–Crippen LogP) is 2.34. The number of amides is 1. The lowest BCUT2D eigenvalue weighted by atomic mass is 9.80. The summed E-state index contributed by atoms with van der Waals surface area (Å²) < 4.78 is 13.2. The number of likely N-dealkylation sites (tertiary alicyclic amines) is 1. The van der Waals surface area contributed by atoms with E-state index in [2.05, 4.69) is 6.92 Å². The van der Waals surface area contributed by atoms with Crippen LogP contribution in [0.3, 0.4) is 0 Å². The van der Waals surface area contributed by atoms with Gasteiger partial charge in [-0.05, 0) is 55.5 Å². The summed E-state index contributed by atoms with van der Waals surface area (Å²) in [6, 6.07) is 4.53. The molecule has 1 aromatic carbocycles. The van der Waals surface area contributed by atoms with Gasteiger partial charge >= 0.3 is 0 Å². The first-order valence-corrected chi connectivity index (χ1v) is 6.71. The van der Waals surface area contributed by atoms with E-state index in [4.69, 9.17) is 5.73 Å². The van der Waals surface area contributed by atoms with Crippen molar-refractivity contribution in [3.63, 3.8) is 0 Å². The zero-order chi connectivity index (χ0) is 14.0. The van der Waals surface area contributed by atoms with E-state index in [1.165, 1.54) is 6.07 Å². The maximum absolute atomic E-state index is 13.2. The zero-order valence-corrected chi connectivity index (χ0v) is 11.6. The lowest BCUT2D eigenvalue weighted by molar-refractivity contribution is 0.0617. The van der Waals surface area contributed by atoms with Crippen molar-refractivity contribution in [2.75, 3.05) is 19.6 Å². The minimum atomic E-state index is -0.272. The summed E-state index contributed by atoms with van der Waals surface area (Å²) in [5.41, 5.74) is 6.98. The van der Waals surface area contributed by atoms with Gasteiger partial charge in [0.1, 0.15) is 5.82 Å². The van der Waals surface area contributed by atoms with Crippen LogP contribution in [-0.2, 0) is 0 Å². The Morgan fingerprint density at radius 1 is 1.42 bits per heavy atom. The molecule has 2 N–H and O–H groups in total. The Morgan fingerprint density at radius 3 is 2.58 bits per heavy atom. The first kappa shape index (κ1) is 14.0. The highest BCUT2D eigenvalue weighted by Gasteiger charge is 2.31. The van der Waals surface area contributed by atoms with Gasteiger partial charge in [-0.2, -0.15) is 0 Å². The van der Waals surface area contributed by atoms with E-state index in [9.17, 15) is 9.18 Å². The van der Waals surface area contributed by atoms with Crippen molar-refractivity contribution in [3.05, 3.63) is 35.1 Å². The lowest BCUT2D eigenvalue weighted by Crippen LogP contribution is -2.44. The summed E-state index contributed by atoms with van der Waals surface area (Å²) in [7, 11) is 0. The van der Waals surface area contributed by atoms with Crippen LogP contribution in [0.5, 0.6) is 0 Å². The van der Waals surface area contributed by atoms with Gasteiger partial charge in [-0.1, -0.05) is 6.92 Å². The summed E-state index contributed by atoms with van der Waals surface area (Å²) in [6.07, 6.45) is 1.85. The number of nitrogens with two attached hydrogens (primary N) is 1. The van der Waals surface area contributed by atoms with Gasteiger partial charge in [0.25, 0.3) is 5.91 Å². The molecule has 1 heterocycles. The minimum absolute atomic E-state index is 0.0119. The third kappa shape index (κ3) is 2.95. The molecular weight excluding hydrogens is 243 g/mol. The van der Waals surface area contributed by atoms with Crippen LogP contribution in [0.2, 0.25) is 0 Å². The van der Waals surface area contributed by atoms with E-state index in [-0.39, 0.29) is 17.1 Å². The van der Waals surface area contributed by atoms with E-state index in [1.54, 1.807) is 19.1 Å². The highest BCUT2D eigenvalue weighted by Crippen LogP contribution is 2.30. The van der Waals surface area contributed by atoms with Gasteiger partial charge in [-0.25, -0.2) is 4.39 Å². The van der Waals surface area contributed by atoms with Crippen LogP contribution < -0.4 is 5.73 Å². The Morgan fingerprint density at radius 2 is 2.05 bits per heavy atom. The van der Waals surface area contributed by atoms with Crippen LogP contribution in [-0.4, -0.2) is 30.4 Å². The Bertz CT molecular complexity index is 479. The van der Waals surface area contributed by atoms with Crippen LogP contribution in [0.15, 0.2) is 18.2 Å². The molecule has 2 rings (SSSR count). The number of piperidine rings is 1.